The van der Waals surface area contributed by atoms with Crippen molar-refractivity contribution >= 4 is 15.9 Å². The van der Waals surface area contributed by atoms with Gasteiger partial charge in [-0.3, -0.25) is 0 Å². The number of rotatable bonds is 3. The first kappa shape index (κ1) is 12.5. The predicted molar refractivity (Wildman–Crippen MR) is 60.9 cm³/mol. The SMILES string of the molecule is COc1c(F)cc(Br)c(C)c1C(C)CO. The smallest absolute Gasteiger partial charge is 0.166 e. The fourth-order valence-corrected chi connectivity index (χ4v) is 2.02. The zero-order chi connectivity index (χ0) is 11.6. The van der Waals surface area contributed by atoms with Crippen molar-refractivity contribution in [1.29, 1.82) is 0 Å². The second-order valence-corrected chi connectivity index (χ2v) is 4.35. The van der Waals surface area contributed by atoms with Crippen molar-refractivity contribution in [1.82, 2.24) is 0 Å². The van der Waals surface area contributed by atoms with Crippen molar-refractivity contribution in [3.63, 3.8) is 0 Å². The molecule has 0 spiro atoms. The average Bonchev–Trinajstić information content (AvgIpc) is 2.21. The summed E-state index contributed by atoms with van der Waals surface area (Å²) in [6.45, 7) is 3.66. The number of halogens is 2. The van der Waals surface area contributed by atoms with Gasteiger partial charge in [0.05, 0.1) is 7.11 Å². The molecular formula is C11H14BrFO2. The van der Waals surface area contributed by atoms with Crippen molar-refractivity contribution in [3.05, 3.63) is 27.5 Å². The summed E-state index contributed by atoms with van der Waals surface area (Å²) in [5.41, 5.74) is 1.61. The van der Waals surface area contributed by atoms with Crippen molar-refractivity contribution in [2.45, 2.75) is 19.8 Å². The number of ether oxygens (including phenoxy) is 1. The van der Waals surface area contributed by atoms with Gasteiger partial charge in [0.25, 0.3) is 0 Å². The van der Waals surface area contributed by atoms with Gasteiger partial charge in [-0.15, -0.1) is 0 Å². The summed E-state index contributed by atoms with van der Waals surface area (Å²) < 4.78 is 19.3. The van der Waals surface area contributed by atoms with E-state index in [2.05, 4.69) is 15.9 Å². The molecule has 0 fully saturated rings. The summed E-state index contributed by atoms with van der Waals surface area (Å²) in [5, 5.41) is 9.12. The Kier molecular flexibility index (Phi) is 4.11. The summed E-state index contributed by atoms with van der Waals surface area (Å²) in [5.74, 6) is -0.338. The fraction of sp³-hybridized carbons (Fsp3) is 0.455. The zero-order valence-electron chi connectivity index (χ0n) is 8.97. The van der Waals surface area contributed by atoms with Crippen LogP contribution >= 0.6 is 15.9 Å². The number of aliphatic hydroxyl groups excluding tert-OH is 1. The summed E-state index contributed by atoms with van der Waals surface area (Å²) in [6, 6.07) is 1.38. The molecule has 0 saturated carbocycles. The van der Waals surface area contributed by atoms with Crippen LogP contribution in [0.2, 0.25) is 0 Å². The van der Waals surface area contributed by atoms with E-state index in [1.807, 2.05) is 13.8 Å². The minimum absolute atomic E-state index is 0.0346. The fourth-order valence-electron chi connectivity index (χ4n) is 1.60. The Bertz CT molecular complexity index is 366. The van der Waals surface area contributed by atoms with E-state index in [9.17, 15) is 4.39 Å². The average molecular weight is 277 g/mol. The standard InChI is InChI=1S/C11H14BrFO2/c1-6(5-14)10-7(2)8(12)4-9(13)11(10)15-3/h4,6,14H,5H2,1-3H3. The molecule has 84 valence electrons. The molecule has 0 amide bonds. The monoisotopic (exact) mass is 276 g/mol. The van der Waals surface area contributed by atoms with E-state index in [0.717, 1.165) is 5.56 Å². The van der Waals surface area contributed by atoms with E-state index < -0.39 is 5.82 Å². The van der Waals surface area contributed by atoms with Gasteiger partial charge < -0.3 is 9.84 Å². The van der Waals surface area contributed by atoms with Gasteiger partial charge in [0.15, 0.2) is 11.6 Å². The van der Waals surface area contributed by atoms with E-state index in [1.165, 1.54) is 13.2 Å². The van der Waals surface area contributed by atoms with Crippen LogP contribution in [-0.4, -0.2) is 18.8 Å². The van der Waals surface area contributed by atoms with Crippen molar-refractivity contribution < 1.29 is 14.2 Å². The molecule has 1 rings (SSSR count). The molecule has 0 aliphatic carbocycles. The lowest BCUT2D eigenvalue weighted by molar-refractivity contribution is 0.268. The van der Waals surface area contributed by atoms with Gasteiger partial charge in [-0.1, -0.05) is 22.9 Å². The molecule has 0 saturated heterocycles. The van der Waals surface area contributed by atoms with Crippen LogP contribution in [0, 0.1) is 12.7 Å². The number of hydrogen-bond donors (Lipinski definition) is 1. The lowest BCUT2D eigenvalue weighted by atomic mass is 9.96. The summed E-state index contributed by atoms with van der Waals surface area (Å²) >= 11 is 3.28. The molecule has 0 aliphatic rings. The normalized spacial score (nSPS) is 12.7. The third-order valence-electron chi connectivity index (χ3n) is 2.45. The second kappa shape index (κ2) is 4.94. The molecule has 1 unspecified atom stereocenters. The van der Waals surface area contributed by atoms with Crippen LogP contribution in [0.4, 0.5) is 4.39 Å². The van der Waals surface area contributed by atoms with Gasteiger partial charge in [0, 0.05) is 22.6 Å². The Hall–Kier alpha value is -0.610. The van der Waals surface area contributed by atoms with E-state index in [4.69, 9.17) is 9.84 Å². The number of aliphatic hydroxyl groups is 1. The first-order chi connectivity index (χ1) is 7.02. The maximum Gasteiger partial charge on any atom is 0.166 e. The topological polar surface area (TPSA) is 29.5 Å². The maximum absolute atomic E-state index is 13.6. The maximum atomic E-state index is 13.6. The molecule has 1 atom stereocenters. The summed E-state index contributed by atoms with van der Waals surface area (Å²) in [6.07, 6.45) is 0. The first-order valence-electron chi connectivity index (χ1n) is 4.66. The Labute approximate surface area is 97.2 Å². The number of hydrogen-bond acceptors (Lipinski definition) is 2. The van der Waals surface area contributed by atoms with Gasteiger partial charge in [0.2, 0.25) is 0 Å². The van der Waals surface area contributed by atoms with Gasteiger partial charge in [-0.05, 0) is 18.6 Å². The lowest BCUT2D eigenvalue weighted by Gasteiger charge is -2.18. The van der Waals surface area contributed by atoms with Crippen LogP contribution < -0.4 is 4.74 Å². The van der Waals surface area contributed by atoms with E-state index in [1.54, 1.807) is 0 Å². The number of benzene rings is 1. The molecule has 15 heavy (non-hydrogen) atoms. The van der Waals surface area contributed by atoms with Gasteiger partial charge >= 0.3 is 0 Å². The quantitative estimate of drug-likeness (QED) is 0.920. The summed E-state index contributed by atoms with van der Waals surface area (Å²) in [7, 11) is 1.43. The first-order valence-corrected chi connectivity index (χ1v) is 5.45. The minimum Gasteiger partial charge on any atom is -0.493 e. The second-order valence-electron chi connectivity index (χ2n) is 3.50. The molecule has 4 heteroatoms. The molecule has 1 N–H and O–H groups in total. The largest absolute Gasteiger partial charge is 0.493 e. The molecule has 0 heterocycles. The molecule has 0 bridgehead atoms. The Morgan fingerprint density at radius 3 is 2.67 bits per heavy atom. The molecule has 0 radical (unpaired) electrons. The van der Waals surface area contributed by atoms with Crippen molar-refractivity contribution in [3.8, 4) is 5.75 Å². The highest BCUT2D eigenvalue weighted by atomic mass is 79.9. The van der Waals surface area contributed by atoms with Crippen LogP contribution in [0.5, 0.6) is 5.75 Å². The highest BCUT2D eigenvalue weighted by molar-refractivity contribution is 9.10. The van der Waals surface area contributed by atoms with E-state index in [0.29, 0.717) is 10.0 Å². The van der Waals surface area contributed by atoms with E-state index >= 15 is 0 Å². The van der Waals surface area contributed by atoms with Crippen molar-refractivity contribution in [2.24, 2.45) is 0 Å². The van der Waals surface area contributed by atoms with Crippen LogP contribution in [0.15, 0.2) is 10.5 Å². The van der Waals surface area contributed by atoms with Gasteiger partial charge in [-0.2, -0.15) is 0 Å². The van der Waals surface area contributed by atoms with Crippen LogP contribution in [0.1, 0.15) is 24.0 Å². The third-order valence-corrected chi connectivity index (χ3v) is 3.27. The highest BCUT2D eigenvalue weighted by Gasteiger charge is 2.19. The lowest BCUT2D eigenvalue weighted by Crippen LogP contribution is -2.06. The van der Waals surface area contributed by atoms with Gasteiger partial charge in [0.1, 0.15) is 0 Å². The van der Waals surface area contributed by atoms with Crippen LogP contribution in [0.3, 0.4) is 0 Å². The van der Waals surface area contributed by atoms with E-state index in [-0.39, 0.29) is 18.3 Å². The Morgan fingerprint density at radius 1 is 1.60 bits per heavy atom. The number of methoxy groups -OCH3 is 1. The minimum atomic E-state index is -0.412. The van der Waals surface area contributed by atoms with Gasteiger partial charge in [-0.25, -0.2) is 4.39 Å². The van der Waals surface area contributed by atoms with Crippen molar-refractivity contribution in [2.75, 3.05) is 13.7 Å². The molecular weight excluding hydrogens is 263 g/mol. The molecule has 0 aliphatic heterocycles. The third kappa shape index (κ3) is 2.32. The molecule has 1 aromatic carbocycles. The highest BCUT2D eigenvalue weighted by Crippen LogP contribution is 2.36. The Balaban J connectivity index is 3.43. The predicted octanol–water partition coefficient (Wildman–Crippen LogP) is 3.00. The van der Waals surface area contributed by atoms with Crippen LogP contribution in [0.25, 0.3) is 0 Å². The van der Waals surface area contributed by atoms with Crippen LogP contribution in [-0.2, 0) is 0 Å². The Morgan fingerprint density at radius 2 is 2.20 bits per heavy atom. The molecule has 2 nitrogen and oxygen atoms in total. The molecule has 1 aromatic rings. The molecule has 0 aromatic heterocycles. The zero-order valence-corrected chi connectivity index (χ0v) is 10.6. The summed E-state index contributed by atoms with van der Waals surface area (Å²) in [4.78, 5) is 0.